The fourth-order valence-electron chi connectivity index (χ4n) is 2.38. The first-order valence-electron chi connectivity index (χ1n) is 6.75. The Balaban J connectivity index is 2.25. The number of ether oxygens (including phenoxy) is 1. The molecule has 1 saturated heterocycles. The minimum absolute atomic E-state index is 0.293. The summed E-state index contributed by atoms with van der Waals surface area (Å²) in [6.07, 6.45) is 2.55. The standard InChI is InChI=1S/C14H21N3OS/c1-3-17(9-11-5-4-8-18-11)14-12(13(15)19)7-6-10(2)16-14/h6-7,11H,3-5,8-9H2,1-2H3,(H2,15,19). The van der Waals surface area contributed by atoms with Gasteiger partial charge in [-0.3, -0.25) is 0 Å². The van der Waals surface area contributed by atoms with Crippen LogP contribution in [0.4, 0.5) is 5.82 Å². The predicted molar refractivity (Wildman–Crippen MR) is 81.7 cm³/mol. The van der Waals surface area contributed by atoms with E-state index in [0.717, 1.165) is 49.6 Å². The number of aryl methyl sites for hydroxylation is 1. The number of rotatable bonds is 5. The first-order valence-corrected chi connectivity index (χ1v) is 7.16. The quantitative estimate of drug-likeness (QED) is 0.836. The number of aromatic nitrogens is 1. The van der Waals surface area contributed by atoms with Gasteiger partial charge in [0.05, 0.1) is 11.7 Å². The third-order valence-electron chi connectivity index (χ3n) is 3.41. The third kappa shape index (κ3) is 3.42. The first kappa shape index (κ1) is 14.2. The van der Waals surface area contributed by atoms with Crippen molar-refractivity contribution in [3.8, 4) is 0 Å². The normalized spacial score (nSPS) is 18.5. The van der Waals surface area contributed by atoms with E-state index in [9.17, 15) is 0 Å². The van der Waals surface area contributed by atoms with Crippen LogP contribution in [0.3, 0.4) is 0 Å². The Morgan fingerprint density at radius 1 is 1.58 bits per heavy atom. The van der Waals surface area contributed by atoms with Crippen LogP contribution in [0.15, 0.2) is 12.1 Å². The SMILES string of the molecule is CCN(CC1CCCO1)c1nc(C)ccc1C(N)=S. The molecule has 5 heteroatoms. The smallest absolute Gasteiger partial charge is 0.139 e. The number of hydrogen-bond acceptors (Lipinski definition) is 4. The number of hydrogen-bond donors (Lipinski definition) is 1. The van der Waals surface area contributed by atoms with Crippen LogP contribution in [0.25, 0.3) is 0 Å². The average molecular weight is 279 g/mol. The molecule has 4 nitrogen and oxygen atoms in total. The van der Waals surface area contributed by atoms with Gasteiger partial charge in [0.25, 0.3) is 0 Å². The second-order valence-electron chi connectivity index (χ2n) is 4.86. The Labute approximate surface area is 120 Å². The summed E-state index contributed by atoms with van der Waals surface area (Å²) in [5.41, 5.74) is 7.62. The lowest BCUT2D eigenvalue weighted by Gasteiger charge is -2.27. The number of nitrogens with zero attached hydrogens (tertiary/aromatic N) is 2. The van der Waals surface area contributed by atoms with E-state index in [1.807, 2.05) is 19.1 Å². The van der Waals surface area contributed by atoms with Crippen LogP contribution in [0.1, 0.15) is 31.0 Å². The monoisotopic (exact) mass is 279 g/mol. The molecule has 104 valence electrons. The number of likely N-dealkylation sites (N-methyl/N-ethyl adjacent to an activating group) is 1. The third-order valence-corrected chi connectivity index (χ3v) is 3.63. The molecule has 1 atom stereocenters. The van der Waals surface area contributed by atoms with Gasteiger partial charge < -0.3 is 15.4 Å². The fraction of sp³-hybridized carbons (Fsp3) is 0.571. The van der Waals surface area contributed by atoms with Crippen LogP contribution in [-0.4, -0.2) is 35.8 Å². The van der Waals surface area contributed by atoms with Crippen LogP contribution in [-0.2, 0) is 4.74 Å². The minimum atomic E-state index is 0.293. The Bertz CT molecular complexity index is 458. The second-order valence-corrected chi connectivity index (χ2v) is 5.30. The summed E-state index contributed by atoms with van der Waals surface area (Å²) in [5, 5.41) is 0. The van der Waals surface area contributed by atoms with Crippen LogP contribution in [0, 0.1) is 6.92 Å². The molecule has 0 spiro atoms. The van der Waals surface area contributed by atoms with Crippen LogP contribution >= 0.6 is 12.2 Å². The minimum Gasteiger partial charge on any atom is -0.389 e. The molecule has 2 N–H and O–H groups in total. The predicted octanol–water partition coefficient (Wildman–Crippen LogP) is 2.03. The van der Waals surface area contributed by atoms with Crippen molar-refractivity contribution < 1.29 is 4.74 Å². The van der Waals surface area contributed by atoms with E-state index in [2.05, 4.69) is 16.8 Å². The zero-order valence-electron chi connectivity index (χ0n) is 11.6. The zero-order valence-corrected chi connectivity index (χ0v) is 12.4. The summed E-state index contributed by atoms with van der Waals surface area (Å²) < 4.78 is 5.70. The van der Waals surface area contributed by atoms with Crippen molar-refractivity contribution in [2.24, 2.45) is 5.73 Å². The molecule has 2 rings (SSSR count). The lowest BCUT2D eigenvalue weighted by Crippen LogP contribution is -2.34. The molecule has 0 amide bonds. The molecular weight excluding hydrogens is 258 g/mol. The van der Waals surface area contributed by atoms with Crippen molar-refractivity contribution in [1.82, 2.24) is 4.98 Å². The highest BCUT2D eigenvalue weighted by molar-refractivity contribution is 7.80. The molecule has 1 aliphatic rings. The summed E-state index contributed by atoms with van der Waals surface area (Å²) in [5.74, 6) is 0.880. The molecule has 1 aromatic rings. The van der Waals surface area contributed by atoms with Gasteiger partial charge in [-0.05, 0) is 38.8 Å². The topological polar surface area (TPSA) is 51.4 Å². The van der Waals surface area contributed by atoms with Gasteiger partial charge >= 0.3 is 0 Å². The first-order chi connectivity index (χ1) is 9.11. The summed E-state index contributed by atoms with van der Waals surface area (Å²) >= 11 is 5.12. The number of nitrogens with two attached hydrogens (primary N) is 1. The van der Waals surface area contributed by atoms with Crippen molar-refractivity contribution in [3.63, 3.8) is 0 Å². The maximum absolute atomic E-state index is 5.80. The van der Waals surface area contributed by atoms with Gasteiger partial charge in [0.1, 0.15) is 10.8 Å². The van der Waals surface area contributed by atoms with E-state index in [0.29, 0.717) is 11.1 Å². The van der Waals surface area contributed by atoms with Crippen LogP contribution in [0.2, 0.25) is 0 Å². The number of anilines is 1. The van der Waals surface area contributed by atoms with E-state index >= 15 is 0 Å². The second kappa shape index (κ2) is 6.30. The molecular formula is C14H21N3OS. The van der Waals surface area contributed by atoms with Gasteiger partial charge in [0, 0.05) is 25.4 Å². The maximum atomic E-state index is 5.80. The van der Waals surface area contributed by atoms with E-state index in [-0.39, 0.29) is 0 Å². The molecule has 1 aromatic heterocycles. The lowest BCUT2D eigenvalue weighted by molar-refractivity contribution is 0.115. The zero-order chi connectivity index (χ0) is 13.8. The summed E-state index contributed by atoms with van der Waals surface area (Å²) in [4.78, 5) is 7.21. The molecule has 19 heavy (non-hydrogen) atoms. The van der Waals surface area contributed by atoms with Crippen molar-refractivity contribution >= 4 is 23.0 Å². The summed E-state index contributed by atoms with van der Waals surface area (Å²) in [7, 11) is 0. The number of thiocarbonyl (C=S) groups is 1. The van der Waals surface area contributed by atoms with E-state index in [1.54, 1.807) is 0 Å². The van der Waals surface area contributed by atoms with Crippen molar-refractivity contribution in [3.05, 3.63) is 23.4 Å². The van der Waals surface area contributed by atoms with Gasteiger partial charge in [-0.25, -0.2) is 4.98 Å². The van der Waals surface area contributed by atoms with Crippen LogP contribution in [0.5, 0.6) is 0 Å². The Morgan fingerprint density at radius 2 is 2.37 bits per heavy atom. The molecule has 1 fully saturated rings. The van der Waals surface area contributed by atoms with Gasteiger partial charge in [-0.1, -0.05) is 12.2 Å². The van der Waals surface area contributed by atoms with Crippen molar-refractivity contribution in [1.29, 1.82) is 0 Å². The summed E-state index contributed by atoms with van der Waals surface area (Å²) in [6.45, 7) is 6.68. The number of pyridine rings is 1. The van der Waals surface area contributed by atoms with Crippen molar-refractivity contribution in [2.75, 3.05) is 24.6 Å². The molecule has 0 saturated carbocycles. The molecule has 0 radical (unpaired) electrons. The van der Waals surface area contributed by atoms with Crippen LogP contribution < -0.4 is 10.6 Å². The maximum Gasteiger partial charge on any atom is 0.139 e. The molecule has 1 aliphatic heterocycles. The molecule has 0 aromatic carbocycles. The average Bonchev–Trinajstić information content (AvgIpc) is 2.88. The highest BCUT2D eigenvalue weighted by Gasteiger charge is 2.21. The van der Waals surface area contributed by atoms with Gasteiger partial charge in [0.2, 0.25) is 0 Å². The van der Waals surface area contributed by atoms with E-state index in [1.165, 1.54) is 0 Å². The van der Waals surface area contributed by atoms with E-state index < -0.39 is 0 Å². The molecule has 2 heterocycles. The Kier molecular flexibility index (Phi) is 4.71. The van der Waals surface area contributed by atoms with Gasteiger partial charge in [-0.15, -0.1) is 0 Å². The lowest BCUT2D eigenvalue weighted by atomic mass is 10.2. The molecule has 1 unspecified atom stereocenters. The largest absolute Gasteiger partial charge is 0.389 e. The van der Waals surface area contributed by atoms with Crippen molar-refractivity contribution in [2.45, 2.75) is 32.8 Å². The highest BCUT2D eigenvalue weighted by atomic mass is 32.1. The highest BCUT2D eigenvalue weighted by Crippen LogP contribution is 2.21. The Morgan fingerprint density at radius 3 is 2.95 bits per heavy atom. The molecule has 0 bridgehead atoms. The summed E-state index contributed by atoms with van der Waals surface area (Å²) in [6, 6.07) is 3.90. The van der Waals surface area contributed by atoms with E-state index in [4.69, 9.17) is 22.7 Å². The fourth-order valence-corrected chi connectivity index (χ4v) is 2.54. The van der Waals surface area contributed by atoms with Gasteiger partial charge in [0.15, 0.2) is 0 Å². The Hall–Kier alpha value is -1.20. The molecule has 0 aliphatic carbocycles. The van der Waals surface area contributed by atoms with Gasteiger partial charge in [-0.2, -0.15) is 0 Å².